The number of carbonyl (C=O) groups excluding carboxylic acids is 1. The van der Waals surface area contributed by atoms with Crippen LogP contribution in [-0.2, 0) is 4.79 Å². The van der Waals surface area contributed by atoms with Crippen LogP contribution in [0.3, 0.4) is 0 Å². The standard InChI is InChI=1S/C19H23N3O3/c1-14-17(13-22(20-14)16-7-3-2-4-8-16)19(25)21-11-5-6-15(12-21)9-10-18(23)24/h2-4,7-8,13,15H,5-6,9-12H2,1H3,(H,23,24)/t15-/m0/s1. The van der Waals surface area contributed by atoms with Crippen molar-refractivity contribution < 1.29 is 14.7 Å². The van der Waals surface area contributed by atoms with Gasteiger partial charge in [0.05, 0.1) is 16.9 Å². The summed E-state index contributed by atoms with van der Waals surface area (Å²) in [7, 11) is 0. The van der Waals surface area contributed by atoms with Gasteiger partial charge in [0.15, 0.2) is 0 Å². The summed E-state index contributed by atoms with van der Waals surface area (Å²) < 4.78 is 1.73. The second-order valence-corrected chi connectivity index (χ2v) is 6.60. The zero-order valence-corrected chi connectivity index (χ0v) is 14.4. The SMILES string of the molecule is Cc1nn(-c2ccccc2)cc1C(=O)N1CCC[C@@H](CCC(=O)O)C1. The van der Waals surface area contributed by atoms with Gasteiger partial charge >= 0.3 is 5.97 Å². The van der Waals surface area contributed by atoms with E-state index in [-0.39, 0.29) is 18.2 Å². The average molecular weight is 341 g/mol. The van der Waals surface area contributed by atoms with Crippen LogP contribution in [0.4, 0.5) is 0 Å². The molecule has 0 spiro atoms. The van der Waals surface area contributed by atoms with Crippen molar-refractivity contribution in [1.29, 1.82) is 0 Å². The van der Waals surface area contributed by atoms with Gasteiger partial charge in [0.2, 0.25) is 0 Å². The molecule has 2 heterocycles. The Kier molecular flexibility index (Phi) is 5.16. The maximum atomic E-state index is 12.9. The molecule has 0 unspecified atom stereocenters. The minimum Gasteiger partial charge on any atom is -0.481 e. The van der Waals surface area contributed by atoms with Crippen LogP contribution in [0.15, 0.2) is 36.5 Å². The van der Waals surface area contributed by atoms with Crippen LogP contribution < -0.4 is 0 Å². The summed E-state index contributed by atoms with van der Waals surface area (Å²) in [4.78, 5) is 25.5. The number of para-hydroxylation sites is 1. The highest BCUT2D eigenvalue weighted by Gasteiger charge is 2.26. The molecule has 1 aliphatic heterocycles. The Hall–Kier alpha value is -2.63. The molecule has 132 valence electrons. The predicted molar refractivity (Wildman–Crippen MR) is 93.8 cm³/mol. The van der Waals surface area contributed by atoms with E-state index >= 15 is 0 Å². The maximum absolute atomic E-state index is 12.9. The molecule has 2 aromatic rings. The number of carbonyl (C=O) groups is 2. The summed E-state index contributed by atoms with van der Waals surface area (Å²) >= 11 is 0. The highest BCUT2D eigenvalue weighted by atomic mass is 16.4. The molecule has 0 bridgehead atoms. The molecule has 1 saturated heterocycles. The Morgan fingerprint density at radius 3 is 2.76 bits per heavy atom. The van der Waals surface area contributed by atoms with Gasteiger partial charge in [-0.25, -0.2) is 4.68 Å². The summed E-state index contributed by atoms with van der Waals surface area (Å²) in [5.74, 6) is -0.526. The molecular formula is C19H23N3O3. The third kappa shape index (κ3) is 4.07. The number of piperidine rings is 1. The summed E-state index contributed by atoms with van der Waals surface area (Å²) in [6.45, 7) is 3.19. The lowest BCUT2D eigenvalue weighted by Gasteiger charge is -2.32. The van der Waals surface area contributed by atoms with E-state index in [0.29, 0.717) is 24.2 Å². The second kappa shape index (κ2) is 7.51. The zero-order valence-electron chi connectivity index (χ0n) is 14.4. The molecular weight excluding hydrogens is 318 g/mol. The quantitative estimate of drug-likeness (QED) is 0.907. The van der Waals surface area contributed by atoms with Gasteiger partial charge < -0.3 is 10.0 Å². The minimum absolute atomic E-state index is 0.0142. The van der Waals surface area contributed by atoms with Crippen molar-refractivity contribution in [1.82, 2.24) is 14.7 Å². The number of likely N-dealkylation sites (tertiary alicyclic amines) is 1. The molecule has 1 aromatic heterocycles. The maximum Gasteiger partial charge on any atom is 0.303 e. The largest absolute Gasteiger partial charge is 0.481 e. The van der Waals surface area contributed by atoms with Crippen LogP contribution in [0.2, 0.25) is 0 Å². The summed E-state index contributed by atoms with van der Waals surface area (Å²) in [6.07, 6.45) is 4.48. The van der Waals surface area contributed by atoms with Gasteiger partial charge in [0.1, 0.15) is 0 Å². The van der Waals surface area contributed by atoms with Gasteiger partial charge in [0.25, 0.3) is 5.91 Å². The fourth-order valence-electron chi connectivity index (χ4n) is 3.37. The number of aliphatic carboxylic acids is 1. The highest BCUT2D eigenvalue weighted by Crippen LogP contribution is 2.23. The minimum atomic E-state index is -0.775. The van der Waals surface area contributed by atoms with Crippen molar-refractivity contribution in [3.8, 4) is 5.69 Å². The molecule has 6 heteroatoms. The molecule has 1 aromatic carbocycles. The van der Waals surface area contributed by atoms with Crippen molar-refractivity contribution >= 4 is 11.9 Å². The van der Waals surface area contributed by atoms with E-state index in [1.807, 2.05) is 42.2 Å². The first-order chi connectivity index (χ1) is 12.0. The van der Waals surface area contributed by atoms with Gasteiger partial charge in [-0.3, -0.25) is 9.59 Å². The van der Waals surface area contributed by atoms with Gasteiger partial charge in [-0.2, -0.15) is 5.10 Å². The Morgan fingerprint density at radius 2 is 2.04 bits per heavy atom. The fraction of sp³-hybridized carbons (Fsp3) is 0.421. The molecule has 0 saturated carbocycles. The molecule has 0 aliphatic carbocycles. The molecule has 3 rings (SSSR count). The van der Waals surface area contributed by atoms with Gasteiger partial charge in [0, 0.05) is 25.7 Å². The molecule has 0 radical (unpaired) electrons. The normalized spacial score (nSPS) is 17.5. The second-order valence-electron chi connectivity index (χ2n) is 6.60. The van der Waals surface area contributed by atoms with Crippen molar-refractivity contribution in [2.45, 2.75) is 32.6 Å². The monoisotopic (exact) mass is 341 g/mol. The molecule has 6 nitrogen and oxygen atoms in total. The Labute approximate surface area is 147 Å². The van der Waals surface area contributed by atoms with Gasteiger partial charge in [-0.15, -0.1) is 0 Å². The molecule has 1 aliphatic rings. The van der Waals surface area contributed by atoms with Crippen molar-refractivity contribution in [2.24, 2.45) is 5.92 Å². The Balaban J connectivity index is 1.72. The van der Waals surface area contributed by atoms with Crippen LogP contribution in [0, 0.1) is 12.8 Å². The lowest BCUT2D eigenvalue weighted by molar-refractivity contribution is -0.137. The average Bonchev–Trinajstić information content (AvgIpc) is 3.02. The highest BCUT2D eigenvalue weighted by molar-refractivity contribution is 5.95. The number of nitrogens with zero attached hydrogens (tertiary/aromatic N) is 3. The van der Waals surface area contributed by atoms with Crippen molar-refractivity contribution in [3.05, 3.63) is 47.8 Å². The topological polar surface area (TPSA) is 75.4 Å². The van der Waals surface area contributed by atoms with Crippen LogP contribution in [-0.4, -0.2) is 44.8 Å². The zero-order chi connectivity index (χ0) is 17.8. The Morgan fingerprint density at radius 1 is 1.28 bits per heavy atom. The summed E-state index contributed by atoms with van der Waals surface area (Å²) in [6, 6.07) is 9.71. The van der Waals surface area contributed by atoms with Gasteiger partial charge in [-0.05, 0) is 44.2 Å². The van der Waals surface area contributed by atoms with Gasteiger partial charge in [-0.1, -0.05) is 18.2 Å². The van der Waals surface area contributed by atoms with E-state index in [1.54, 1.807) is 10.9 Å². The van der Waals surface area contributed by atoms with E-state index in [2.05, 4.69) is 5.10 Å². The number of benzene rings is 1. The smallest absolute Gasteiger partial charge is 0.303 e. The molecule has 1 amide bonds. The fourth-order valence-corrected chi connectivity index (χ4v) is 3.37. The number of aromatic nitrogens is 2. The van der Waals surface area contributed by atoms with E-state index in [1.165, 1.54) is 0 Å². The number of hydrogen-bond acceptors (Lipinski definition) is 3. The van der Waals surface area contributed by atoms with Crippen LogP contribution >= 0.6 is 0 Å². The molecule has 1 fully saturated rings. The third-order valence-corrected chi connectivity index (χ3v) is 4.72. The molecule has 25 heavy (non-hydrogen) atoms. The van der Waals surface area contributed by atoms with E-state index in [4.69, 9.17) is 5.11 Å². The number of carboxylic acid groups (broad SMARTS) is 1. The van der Waals surface area contributed by atoms with E-state index < -0.39 is 5.97 Å². The summed E-state index contributed by atoms with van der Waals surface area (Å²) in [5.41, 5.74) is 2.24. The number of aryl methyl sites for hydroxylation is 1. The lowest BCUT2D eigenvalue weighted by Crippen LogP contribution is -2.40. The van der Waals surface area contributed by atoms with Crippen LogP contribution in [0.5, 0.6) is 0 Å². The molecule has 1 atom stereocenters. The first-order valence-electron chi connectivity index (χ1n) is 8.67. The van der Waals surface area contributed by atoms with Crippen LogP contribution in [0.1, 0.15) is 41.7 Å². The van der Waals surface area contributed by atoms with E-state index in [9.17, 15) is 9.59 Å². The predicted octanol–water partition coefficient (Wildman–Crippen LogP) is 2.90. The van der Waals surface area contributed by atoms with Crippen LogP contribution in [0.25, 0.3) is 5.69 Å². The number of rotatable bonds is 5. The number of hydrogen-bond donors (Lipinski definition) is 1. The van der Waals surface area contributed by atoms with E-state index in [0.717, 1.165) is 25.1 Å². The first-order valence-corrected chi connectivity index (χ1v) is 8.67. The number of carboxylic acids is 1. The lowest BCUT2D eigenvalue weighted by atomic mass is 9.93. The Bertz CT molecular complexity index is 755. The van der Waals surface area contributed by atoms with Crippen molar-refractivity contribution in [3.63, 3.8) is 0 Å². The van der Waals surface area contributed by atoms with Crippen molar-refractivity contribution in [2.75, 3.05) is 13.1 Å². The molecule has 1 N–H and O–H groups in total. The number of amides is 1. The third-order valence-electron chi connectivity index (χ3n) is 4.72. The first kappa shape index (κ1) is 17.2. The summed E-state index contributed by atoms with van der Waals surface area (Å²) in [5, 5.41) is 13.3.